The van der Waals surface area contributed by atoms with Gasteiger partial charge >= 0.3 is 0 Å². The molecule has 0 unspecified atom stereocenters. The molecule has 0 saturated carbocycles. The van der Waals surface area contributed by atoms with Crippen LogP contribution in [-0.2, 0) is 0 Å². The summed E-state index contributed by atoms with van der Waals surface area (Å²) < 4.78 is 0. The molecule has 0 amide bonds. The molecule has 0 rings (SSSR count). The van der Waals surface area contributed by atoms with E-state index in [0.29, 0.717) is 17.6 Å². The molecule has 0 aromatic heterocycles. The SMILES string of the molecule is CC/C(C#N)=C(/C#N)C=C(C)C. The predicted molar refractivity (Wildman–Crippen MR) is 48.0 cm³/mol. The molecule has 0 bridgehead atoms. The molecule has 0 aliphatic heterocycles. The van der Waals surface area contributed by atoms with Crippen molar-refractivity contribution in [2.24, 2.45) is 0 Å². The maximum Gasteiger partial charge on any atom is 0.100 e. The Labute approximate surface area is 73.4 Å². The van der Waals surface area contributed by atoms with Crippen molar-refractivity contribution in [2.75, 3.05) is 0 Å². The first-order valence-electron chi connectivity index (χ1n) is 3.84. The summed E-state index contributed by atoms with van der Waals surface area (Å²) in [5.74, 6) is 0. The van der Waals surface area contributed by atoms with Gasteiger partial charge in [-0.3, -0.25) is 0 Å². The van der Waals surface area contributed by atoms with E-state index in [4.69, 9.17) is 10.5 Å². The number of nitrogens with zero attached hydrogens (tertiary/aromatic N) is 2. The highest BCUT2D eigenvalue weighted by Gasteiger charge is 1.99. The van der Waals surface area contributed by atoms with Gasteiger partial charge < -0.3 is 0 Å². The predicted octanol–water partition coefficient (Wildman–Crippen LogP) is 2.71. The highest BCUT2D eigenvalue weighted by Crippen LogP contribution is 2.10. The summed E-state index contributed by atoms with van der Waals surface area (Å²) in [4.78, 5) is 0. The zero-order chi connectivity index (χ0) is 9.56. The van der Waals surface area contributed by atoms with Crippen molar-refractivity contribution in [3.8, 4) is 12.1 Å². The lowest BCUT2D eigenvalue weighted by atomic mass is 10.1. The minimum Gasteiger partial charge on any atom is -0.193 e. The van der Waals surface area contributed by atoms with E-state index in [1.165, 1.54) is 0 Å². The van der Waals surface area contributed by atoms with Gasteiger partial charge in [-0.1, -0.05) is 12.5 Å². The van der Waals surface area contributed by atoms with Crippen molar-refractivity contribution in [3.05, 3.63) is 22.8 Å². The summed E-state index contributed by atoms with van der Waals surface area (Å²) in [6.45, 7) is 5.68. The summed E-state index contributed by atoms with van der Waals surface area (Å²) in [5.41, 5.74) is 2.08. The lowest BCUT2D eigenvalue weighted by molar-refractivity contribution is 1.13. The van der Waals surface area contributed by atoms with Crippen LogP contribution in [0.15, 0.2) is 22.8 Å². The van der Waals surface area contributed by atoms with Gasteiger partial charge in [-0.2, -0.15) is 10.5 Å². The van der Waals surface area contributed by atoms with Crippen molar-refractivity contribution >= 4 is 0 Å². The maximum absolute atomic E-state index is 8.70. The molecule has 0 aliphatic rings. The van der Waals surface area contributed by atoms with E-state index in [2.05, 4.69) is 0 Å². The molecular formula is C10H12N2. The second kappa shape index (κ2) is 5.16. The standard InChI is InChI=1S/C10H12N2/c1-4-9(6-11)10(7-12)5-8(2)3/h5H,4H2,1-3H3/b10-9-. The quantitative estimate of drug-likeness (QED) is 0.460. The molecule has 0 fully saturated rings. The van der Waals surface area contributed by atoms with Gasteiger partial charge in [0.15, 0.2) is 0 Å². The topological polar surface area (TPSA) is 47.6 Å². The van der Waals surface area contributed by atoms with Crippen molar-refractivity contribution < 1.29 is 0 Å². The van der Waals surface area contributed by atoms with Gasteiger partial charge in [0.05, 0.1) is 11.6 Å². The van der Waals surface area contributed by atoms with E-state index < -0.39 is 0 Å². The minimum atomic E-state index is 0.486. The second-order valence-electron chi connectivity index (χ2n) is 2.69. The summed E-state index contributed by atoms with van der Waals surface area (Å²) in [5, 5.41) is 17.4. The van der Waals surface area contributed by atoms with Crippen molar-refractivity contribution in [3.63, 3.8) is 0 Å². The molecule has 0 spiro atoms. The fraction of sp³-hybridized carbons (Fsp3) is 0.400. The first-order valence-corrected chi connectivity index (χ1v) is 3.84. The number of nitriles is 2. The number of allylic oxidation sites excluding steroid dienone is 4. The number of hydrogen-bond donors (Lipinski definition) is 0. The largest absolute Gasteiger partial charge is 0.193 e. The third kappa shape index (κ3) is 3.03. The Hall–Kier alpha value is -1.54. The Morgan fingerprint density at radius 2 is 1.83 bits per heavy atom. The number of rotatable bonds is 2. The molecule has 0 N–H and O–H groups in total. The third-order valence-electron chi connectivity index (χ3n) is 1.37. The number of hydrogen-bond acceptors (Lipinski definition) is 2. The van der Waals surface area contributed by atoms with Crippen LogP contribution in [0.5, 0.6) is 0 Å². The fourth-order valence-electron chi connectivity index (χ4n) is 0.805. The van der Waals surface area contributed by atoms with Gasteiger partial charge in [0.25, 0.3) is 0 Å². The van der Waals surface area contributed by atoms with Gasteiger partial charge in [0, 0.05) is 5.57 Å². The Balaban J connectivity index is 5.04. The smallest absolute Gasteiger partial charge is 0.100 e. The molecule has 0 saturated heterocycles. The highest BCUT2D eigenvalue weighted by molar-refractivity contribution is 5.44. The first kappa shape index (κ1) is 10.5. The van der Waals surface area contributed by atoms with Gasteiger partial charge in [0.2, 0.25) is 0 Å². The van der Waals surface area contributed by atoms with Crippen molar-refractivity contribution in [1.82, 2.24) is 0 Å². The van der Waals surface area contributed by atoms with E-state index in [1.807, 2.05) is 32.9 Å². The summed E-state index contributed by atoms with van der Waals surface area (Å²) >= 11 is 0. The van der Waals surface area contributed by atoms with Gasteiger partial charge in [-0.25, -0.2) is 0 Å². The minimum absolute atomic E-state index is 0.486. The molecule has 62 valence electrons. The average molecular weight is 160 g/mol. The van der Waals surface area contributed by atoms with Gasteiger partial charge in [-0.05, 0) is 26.3 Å². The van der Waals surface area contributed by atoms with Gasteiger partial charge in [-0.15, -0.1) is 0 Å². The van der Waals surface area contributed by atoms with Crippen molar-refractivity contribution in [2.45, 2.75) is 27.2 Å². The normalized spacial score (nSPS) is 10.8. The zero-order valence-electron chi connectivity index (χ0n) is 7.68. The average Bonchev–Trinajstić information content (AvgIpc) is 2.04. The van der Waals surface area contributed by atoms with E-state index in [0.717, 1.165) is 5.57 Å². The summed E-state index contributed by atoms with van der Waals surface area (Å²) in [6, 6.07) is 4.04. The maximum atomic E-state index is 8.70. The lowest BCUT2D eigenvalue weighted by Crippen LogP contribution is -1.83. The molecule has 0 aliphatic carbocycles. The van der Waals surface area contributed by atoms with E-state index in [9.17, 15) is 0 Å². The van der Waals surface area contributed by atoms with Crippen LogP contribution in [-0.4, -0.2) is 0 Å². The summed E-state index contributed by atoms with van der Waals surface area (Å²) in [6.07, 6.45) is 2.35. The van der Waals surface area contributed by atoms with Crippen LogP contribution < -0.4 is 0 Å². The zero-order valence-corrected chi connectivity index (χ0v) is 7.68. The molecule has 2 nitrogen and oxygen atoms in total. The Morgan fingerprint density at radius 3 is 2.08 bits per heavy atom. The Morgan fingerprint density at radius 1 is 1.25 bits per heavy atom. The van der Waals surface area contributed by atoms with E-state index in [-0.39, 0.29) is 0 Å². The van der Waals surface area contributed by atoms with Crippen LogP contribution >= 0.6 is 0 Å². The first-order chi connectivity index (χ1) is 5.65. The molecule has 0 aromatic carbocycles. The van der Waals surface area contributed by atoms with Crippen LogP contribution in [0.25, 0.3) is 0 Å². The molecule has 0 radical (unpaired) electrons. The molecule has 12 heavy (non-hydrogen) atoms. The molecule has 0 atom stereocenters. The van der Waals surface area contributed by atoms with E-state index in [1.54, 1.807) is 6.08 Å². The van der Waals surface area contributed by atoms with E-state index >= 15 is 0 Å². The molecule has 0 aromatic rings. The summed E-state index contributed by atoms with van der Waals surface area (Å²) in [7, 11) is 0. The fourth-order valence-corrected chi connectivity index (χ4v) is 0.805. The van der Waals surface area contributed by atoms with Crippen LogP contribution in [0, 0.1) is 22.7 Å². The second-order valence-corrected chi connectivity index (χ2v) is 2.69. The molecular weight excluding hydrogens is 148 g/mol. The van der Waals surface area contributed by atoms with Crippen LogP contribution in [0.2, 0.25) is 0 Å². The molecule has 0 heterocycles. The van der Waals surface area contributed by atoms with Crippen molar-refractivity contribution in [1.29, 1.82) is 10.5 Å². The van der Waals surface area contributed by atoms with Crippen LogP contribution in [0.1, 0.15) is 27.2 Å². The monoisotopic (exact) mass is 160 g/mol. The molecule has 2 heteroatoms. The lowest BCUT2D eigenvalue weighted by Gasteiger charge is -1.94. The highest BCUT2D eigenvalue weighted by atomic mass is 14.3. The van der Waals surface area contributed by atoms with Crippen LogP contribution in [0.4, 0.5) is 0 Å². The third-order valence-corrected chi connectivity index (χ3v) is 1.37. The van der Waals surface area contributed by atoms with Gasteiger partial charge in [0.1, 0.15) is 6.07 Å². The van der Waals surface area contributed by atoms with Crippen LogP contribution in [0.3, 0.4) is 0 Å². The Bertz CT molecular complexity index is 291. The Kier molecular flexibility index (Phi) is 4.49.